The highest BCUT2D eigenvalue weighted by Gasteiger charge is 2.24. The summed E-state index contributed by atoms with van der Waals surface area (Å²) in [5, 5.41) is 11.3. The number of ether oxygens (including phenoxy) is 2. The minimum absolute atomic E-state index is 0.303. The van der Waals surface area contributed by atoms with E-state index in [1.165, 1.54) is 30.6 Å². The molecule has 0 spiro atoms. The normalized spacial score (nSPS) is 11.3. The van der Waals surface area contributed by atoms with E-state index < -0.39 is 24.3 Å². The lowest BCUT2D eigenvalue weighted by Gasteiger charge is -2.07. The summed E-state index contributed by atoms with van der Waals surface area (Å²) in [5.41, 5.74) is 1.05. The van der Waals surface area contributed by atoms with E-state index in [1.807, 2.05) is 6.07 Å². The van der Waals surface area contributed by atoms with Gasteiger partial charge in [0.2, 0.25) is 0 Å². The third kappa shape index (κ3) is 4.14. The molecule has 0 aliphatic rings. The SMILES string of the molecule is COc1ccc(C(=O)OCC(=O)[C@H](C#N)c2nc(C)cs2)cc1. The van der Waals surface area contributed by atoms with Crippen molar-refractivity contribution in [2.75, 3.05) is 13.7 Å². The van der Waals surface area contributed by atoms with Crippen molar-refractivity contribution in [2.45, 2.75) is 12.8 Å². The molecule has 0 amide bonds. The van der Waals surface area contributed by atoms with Gasteiger partial charge in [-0.2, -0.15) is 5.26 Å². The number of aryl methyl sites for hydroxylation is 1. The predicted octanol–water partition coefficient (Wildman–Crippen LogP) is 2.49. The molecule has 0 saturated carbocycles. The van der Waals surface area contributed by atoms with Gasteiger partial charge in [-0.15, -0.1) is 11.3 Å². The van der Waals surface area contributed by atoms with Gasteiger partial charge in [0.25, 0.3) is 0 Å². The minimum atomic E-state index is -1.02. The van der Waals surface area contributed by atoms with E-state index in [0.29, 0.717) is 16.3 Å². The third-order valence-electron chi connectivity index (χ3n) is 3.01. The number of thiazole rings is 1. The first-order chi connectivity index (χ1) is 11.0. The molecule has 0 radical (unpaired) electrons. The van der Waals surface area contributed by atoms with Crippen LogP contribution in [0, 0.1) is 18.3 Å². The van der Waals surface area contributed by atoms with E-state index in [9.17, 15) is 9.59 Å². The Morgan fingerprint density at radius 3 is 2.57 bits per heavy atom. The van der Waals surface area contributed by atoms with Gasteiger partial charge in [0.15, 0.2) is 18.3 Å². The summed E-state index contributed by atoms with van der Waals surface area (Å²) < 4.78 is 9.97. The maximum Gasteiger partial charge on any atom is 0.338 e. The number of Topliss-reactive ketones (excluding diaryl/α,β-unsaturated/α-hetero) is 1. The smallest absolute Gasteiger partial charge is 0.338 e. The lowest BCUT2D eigenvalue weighted by molar-refractivity contribution is -0.122. The molecule has 23 heavy (non-hydrogen) atoms. The van der Waals surface area contributed by atoms with Gasteiger partial charge in [-0.05, 0) is 31.2 Å². The van der Waals surface area contributed by atoms with Crippen molar-refractivity contribution in [3.63, 3.8) is 0 Å². The Morgan fingerprint density at radius 2 is 2.04 bits per heavy atom. The number of hydrogen-bond donors (Lipinski definition) is 0. The molecule has 7 heteroatoms. The van der Waals surface area contributed by atoms with Gasteiger partial charge in [-0.1, -0.05) is 0 Å². The molecular weight excluding hydrogens is 316 g/mol. The van der Waals surface area contributed by atoms with Crippen molar-refractivity contribution in [3.8, 4) is 11.8 Å². The van der Waals surface area contributed by atoms with Gasteiger partial charge in [-0.25, -0.2) is 9.78 Å². The fourth-order valence-corrected chi connectivity index (χ4v) is 2.66. The summed E-state index contributed by atoms with van der Waals surface area (Å²) in [4.78, 5) is 28.1. The molecule has 118 valence electrons. The highest BCUT2D eigenvalue weighted by Crippen LogP contribution is 2.21. The first-order valence-electron chi connectivity index (χ1n) is 6.70. The highest BCUT2D eigenvalue weighted by atomic mass is 32.1. The number of nitriles is 1. The molecule has 1 aromatic heterocycles. The Labute approximate surface area is 137 Å². The molecule has 1 atom stereocenters. The van der Waals surface area contributed by atoms with Crippen LogP contribution in [0.2, 0.25) is 0 Å². The number of carbonyl (C=O) groups excluding carboxylic acids is 2. The summed E-state index contributed by atoms with van der Waals surface area (Å²) >= 11 is 1.24. The Balaban J connectivity index is 1.97. The zero-order valence-electron chi connectivity index (χ0n) is 12.6. The largest absolute Gasteiger partial charge is 0.497 e. The molecule has 0 aliphatic carbocycles. The van der Waals surface area contributed by atoms with Gasteiger partial charge in [0.1, 0.15) is 10.8 Å². The fraction of sp³-hybridized carbons (Fsp3) is 0.250. The number of hydrogen-bond acceptors (Lipinski definition) is 7. The quantitative estimate of drug-likeness (QED) is 0.756. The lowest BCUT2D eigenvalue weighted by Crippen LogP contribution is -2.19. The van der Waals surface area contributed by atoms with Crippen LogP contribution in [0.4, 0.5) is 0 Å². The van der Waals surface area contributed by atoms with Crippen molar-refractivity contribution >= 4 is 23.1 Å². The summed E-state index contributed by atoms with van der Waals surface area (Å²) in [6.45, 7) is 1.31. The van der Waals surface area contributed by atoms with E-state index >= 15 is 0 Å². The van der Waals surface area contributed by atoms with Crippen LogP contribution in [-0.2, 0) is 9.53 Å². The van der Waals surface area contributed by atoms with Crippen LogP contribution in [0.15, 0.2) is 29.6 Å². The van der Waals surface area contributed by atoms with E-state index in [2.05, 4.69) is 4.98 Å². The van der Waals surface area contributed by atoms with Gasteiger partial charge in [-0.3, -0.25) is 4.79 Å². The molecule has 1 heterocycles. The van der Waals surface area contributed by atoms with Gasteiger partial charge < -0.3 is 9.47 Å². The average Bonchev–Trinajstić information content (AvgIpc) is 2.99. The monoisotopic (exact) mass is 330 g/mol. The molecule has 2 aromatic rings. The van der Waals surface area contributed by atoms with E-state index in [0.717, 1.165) is 5.69 Å². The van der Waals surface area contributed by atoms with Crippen LogP contribution in [0.5, 0.6) is 5.75 Å². The Kier molecular flexibility index (Phi) is 5.44. The standard InChI is InChI=1S/C16H14N2O4S/c1-10-9-23-15(18-10)13(7-17)14(19)8-22-16(20)11-3-5-12(21-2)6-4-11/h3-6,9,13H,8H2,1-2H3/t13-/m0/s1. The molecule has 0 fully saturated rings. The number of esters is 1. The van der Waals surface area contributed by atoms with Gasteiger partial charge >= 0.3 is 5.97 Å². The molecule has 1 aromatic carbocycles. The van der Waals surface area contributed by atoms with Crippen LogP contribution in [-0.4, -0.2) is 30.5 Å². The number of aromatic nitrogens is 1. The molecule has 6 nitrogen and oxygen atoms in total. The number of benzene rings is 1. The Hall–Kier alpha value is -2.72. The van der Waals surface area contributed by atoms with Crippen LogP contribution in [0.3, 0.4) is 0 Å². The topological polar surface area (TPSA) is 89.3 Å². The van der Waals surface area contributed by atoms with Crippen LogP contribution < -0.4 is 4.74 Å². The molecule has 0 saturated heterocycles. The summed E-state index contributed by atoms with van der Waals surface area (Å²) in [6.07, 6.45) is 0. The number of carbonyl (C=O) groups is 2. The highest BCUT2D eigenvalue weighted by molar-refractivity contribution is 7.09. The first kappa shape index (κ1) is 16.6. The van der Waals surface area contributed by atoms with Crippen LogP contribution in [0.1, 0.15) is 27.0 Å². The fourth-order valence-electron chi connectivity index (χ4n) is 1.80. The number of nitrogens with zero attached hydrogens (tertiary/aromatic N) is 2. The van der Waals surface area contributed by atoms with Gasteiger partial charge in [0.05, 0.1) is 18.7 Å². The van der Waals surface area contributed by atoms with Crippen molar-refractivity contribution in [3.05, 3.63) is 45.9 Å². The maximum absolute atomic E-state index is 12.1. The maximum atomic E-state index is 12.1. The minimum Gasteiger partial charge on any atom is -0.497 e. The van der Waals surface area contributed by atoms with Crippen molar-refractivity contribution < 1.29 is 19.1 Å². The summed E-state index contributed by atoms with van der Waals surface area (Å²) in [5.74, 6) is -1.53. The van der Waals surface area contributed by atoms with Crippen molar-refractivity contribution in [1.82, 2.24) is 4.98 Å². The van der Waals surface area contributed by atoms with E-state index in [-0.39, 0.29) is 0 Å². The second kappa shape index (κ2) is 7.51. The third-order valence-corrected chi connectivity index (χ3v) is 4.03. The molecule has 2 rings (SSSR count). The Morgan fingerprint density at radius 1 is 1.35 bits per heavy atom. The van der Waals surface area contributed by atoms with Gasteiger partial charge in [0, 0.05) is 11.1 Å². The van der Waals surface area contributed by atoms with E-state index in [1.54, 1.807) is 24.4 Å². The zero-order chi connectivity index (χ0) is 16.8. The van der Waals surface area contributed by atoms with Crippen molar-refractivity contribution in [2.24, 2.45) is 0 Å². The molecule has 0 aliphatic heterocycles. The van der Waals surface area contributed by atoms with E-state index in [4.69, 9.17) is 14.7 Å². The zero-order valence-corrected chi connectivity index (χ0v) is 13.4. The second-order valence-electron chi connectivity index (χ2n) is 4.66. The number of methoxy groups -OCH3 is 1. The number of ketones is 1. The molecule has 0 unspecified atom stereocenters. The average molecular weight is 330 g/mol. The first-order valence-corrected chi connectivity index (χ1v) is 7.58. The van der Waals surface area contributed by atoms with Crippen LogP contribution in [0.25, 0.3) is 0 Å². The molecule has 0 bridgehead atoms. The summed E-state index contributed by atoms with van der Waals surface area (Å²) in [6, 6.07) is 8.22. The second-order valence-corrected chi connectivity index (χ2v) is 5.55. The molecular formula is C16H14N2O4S. The van der Waals surface area contributed by atoms with Crippen molar-refractivity contribution in [1.29, 1.82) is 5.26 Å². The summed E-state index contributed by atoms with van der Waals surface area (Å²) in [7, 11) is 1.52. The number of rotatable bonds is 6. The molecule has 0 N–H and O–H groups in total. The Bertz CT molecular complexity index is 746. The predicted molar refractivity (Wildman–Crippen MR) is 83.5 cm³/mol. The van der Waals surface area contributed by atoms with Crippen LogP contribution >= 0.6 is 11.3 Å². The lowest BCUT2D eigenvalue weighted by atomic mass is 10.1.